The predicted octanol–water partition coefficient (Wildman–Crippen LogP) is 2.52. The summed E-state index contributed by atoms with van der Waals surface area (Å²) in [5.74, 6) is 4.11. The fraction of sp³-hybridized carbons (Fsp3) is 0.158. The van der Waals surface area contributed by atoms with Crippen molar-refractivity contribution < 1.29 is 9.32 Å². The Morgan fingerprint density at radius 2 is 1.36 bits per heavy atom. The zero-order chi connectivity index (χ0) is 16.0. The van der Waals surface area contributed by atoms with Gasteiger partial charge in [-0.2, -0.15) is 0 Å². The average molecular weight is 308 g/mol. The Kier molecular flexibility index (Phi) is 5.17. The van der Waals surface area contributed by atoms with E-state index < -0.39 is 21.7 Å². The zero-order valence-corrected chi connectivity index (χ0v) is 12.8. The van der Waals surface area contributed by atoms with Gasteiger partial charge < -0.3 is 5.11 Å². The van der Waals surface area contributed by atoms with Crippen molar-refractivity contribution in [2.45, 2.75) is 10.9 Å². The van der Waals surface area contributed by atoms with Gasteiger partial charge in [0.25, 0.3) is 0 Å². The van der Waals surface area contributed by atoms with Gasteiger partial charge in [0.1, 0.15) is 0 Å². The smallest absolute Gasteiger partial charge is 0.198 e. The molecule has 0 spiro atoms. The van der Waals surface area contributed by atoms with E-state index in [9.17, 15) is 9.32 Å². The molecule has 2 nitrogen and oxygen atoms in total. The molecule has 2 aromatic rings. The van der Waals surface area contributed by atoms with Crippen LogP contribution in [0.25, 0.3) is 0 Å². The molecule has 0 saturated carbocycles. The summed E-state index contributed by atoms with van der Waals surface area (Å²) in [4.78, 5) is 0. The Morgan fingerprint density at radius 1 is 0.955 bits per heavy atom. The first-order chi connectivity index (χ1) is 10.6. The molecule has 0 bridgehead atoms. The summed E-state index contributed by atoms with van der Waals surface area (Å²) in [6.45, 7) is 0. The third-order valence-electron chi connectivity index (χ3n) is 3.30. The maximum Gasteiger partial charge on any atom is 0.198 e. The zero-order valence-electron chi connectivity index (χ0n) is 12.0. The minimum absolute atomic E-state index is 0.172. The largest absolute Gasteiger partial charge is 0.366 e. The molecule has 0 heterocycles. The molecule has 2 aromatic carbocycles. The number of terminal acetylenes is 2. The number of hydrogen-bond acceptors (Lipinski definition) is 2. The van der Waals surface area contributed by atoms with Crippen LogP contribution in [0.2, 0.25) is 0 Å². The highest BCUT2D eigenvalue weighted by Crippen LogP contribution is 2.29. The van der Waals surface area contributed by atoms with E-state index in [2.05, 4.69) is 11.8 Å². The monoisotopic (exact) mass is 308 g/mol. The van der Waals surface area contributed by atoms with Gasteiger partial charge in [0.05, 0.1) is 11.0 Å². The minimum Gasteiger partial charge on any atom is -0.366 e. The molecule has 110 valence electrons. The highest BCUT2D eigenvalue weighted by molar-refractivity contribution is 7.85. The van der Waals surface area contributed by atoms with Crippen molar-refractivity contribution in [2.24, 2.45) is 0 Å². The highest BCUT2D eigenvalue weighted by atomic mass is 32.2. The van der Waals surface area contributed by atoms with Crippen molar-refractivity contribution in [1.29, 1.82) is 0 Å². The SMILES string of the molecule is C#CC(O)(C#C)C[S@@](=O)C(c1ccccc1)c1ccccc1. The average Bonchev–Trinajstić information content (AvgIpc) is 2.57. The van der Waals surface area contributed by atoms with E-state index in [1.165, 1.54) is 0 Å². The van der Waals surface area contributed by atoms with Crippen LogP contribution in [0.3, 0.4) is 0 Å². The second-order valence-corrected chi connectivity index (χ2v) is 6.40. The van der Waals surface area contributed by atoms with Gasteiger partial charge in [-0.15, -0.1) is 12.8 Å². The predicted molar refractivity (Wildman–Crippen MR) is 90.4 cm³/mol. The van der Waals surface area contributed by atoms with Gasteiger partial charge in [0.15, 0.2) is 5.60 Å². The van der Waals surface area contributed by atoms with Crippen molar-refractivity contribution in [3.05, 3.63) is 71.8 Å². The first kappa shape index (κ1) is 16.0. The molecule has 0 aliphatic heterocycles. The van der Waals surface area contributed by atoms with Gasteiger partial charge >= 0.3 is 0 Å². The van der Waals surface area contributed by atoms with Gasteiger partial charge in [0, 0.05) is 10.8 Å². The topological polar surface area (TPSA) is 37.3 Å². The molecule has 0 saturated heterocycles. The Bertz CT molecular complexity index is 670. The van der Waals surface area contributed by atoms with E-state index in [1.54, 1.807) is 0 Å². The highest BCUT2D eigenvalue weighted by Gasteiger charge is 2.30. The van der Waals surface area contributed by atoms with Gasteiger partial charge in [0.2, 0.25) is 0 Å². The Balaban J connectivity index is 2.41. The number of rotatable bonds is 5. The van der Waals surface area contributed by atoms with Gasteiger partial charge in [-0.1, -0.05) is 72.5 Å². The van der Waals surface area contributed by atoms with Crippen LogP contribution in [-0.4, -0.2) is 20.7 Å². The second-order valence-electron chi connectivity index (χ2n) is 4.88. The van der Waals surface area contributed by atoms with Gasteiger partial charge in [-0.3, -0.25) is 4.21 Å². The van der Waals surface area contributed by atoms with E-state index in [1.807, 2.05) is 60.7 Å². The summed E-state index contributed by atoms with van der Waals surface area (Å²) in [7, 11) is -1.46. The fourth-order valence-electron chi connectivity index (χ4n) is 2.17. The third-order valence-corrected chi connectivity index (χ3v) is 5.07. The first-order valence-electron chi connectivity index (χ1n) is 6.74. The molecular formula is C19H16O2S. The van der Waals surface area contributed by atoms with Crippen LogP contribution in [0.5, 0.6) is 0 Å². The van der Waals surface area contributed by atoms with Crippen molar-refractivity contribution in [3.8, 4) is 24.7 Å². The number of hydrogen-bond donors (Lipinski definition) is 1. The molecule has 0 aliphatic rings. The number of aliphatic hydroxyl groups is 1. The van der Waals surface area contributed by atoms with E-state index in [0.717, 1.165) is 11.1 Å². The van der Waals surface area contributed by atoms with Crippen LogP contribution in [0.1, 0.15) is 16.4 Å². The Labute approximate surface area is 133 Å². The van der Waals surface area contributed by atoms with Crippen molar-refractivity contribution in [3.63, 3.8) is 0 Å². The Hall–Kier alpha value is -2.33. The summed E-state index contributed by atoms with van der Waals surface area (Å²) in [6, 6.07) is 18.9. The molecule has 22 heavy (non-hydrogen) atoms. The summed E-state index contributed by atoms with van der Waals surface area (Å²) in [5.41, 5.74) is -0.0148. The summed E-state index contributed by atoms with van der Waals surface area (Å²) < 4.78 is 12.8. The van der Waals surface area contributed by atoms with Crippen LogP contribution in [0.15, 0.2) is 60.7 Å². The lowest BCUT2D eigenvalue weighted by atomic mass is 10.0. The summed E-state index contributed by atoms with van der Waals surface area (Å²) in [6.07, 6.45) is 10.5. The van der Waals surface area contributed by atoms with E-state index >= 15 is 0 Å². The van der Waals surface area contributed by atoms with E-state index in [4.69, 9.17) is 12.8 Å². The normalized spacial score (nSPS) is 12.4. The van der Waals surface area contributed by atoms with Crippen LogP contribution in [0, 0.1) is 24.7 Å². The van der Waals surface area contributed by atoms with E-state index in [0.29, 0.717) is 0 Å². The summed E-state index contributed by atoms with van der Waals surface area (Å²) >= 11 is 0. The van der Waals surface area contributed by atoms with Crippen molar-refractivity contribution in [2.75, 3.05) is 5.75 Å². The molecular weight excluding hydrogens is 292 g/mol. The fourth-order valence-corrected chi connectivity index (χ4v) is 3.83. The molecule has 3 heteroatoms. The molecule has 1 atom stereocenters. The van der Waals surface area contributed by atoms with Crippen LogP contribution >= 0.6 is 0 Å². The van der Waals surface area contributed by atoms with E-state index in [-0.39, 0.29) is 5.75 Å². The first-order valence-corrected chi connectivity index (χ1v) is 8.13. The lowest BCUT2D eigenvalue weighted by molar-refractivity contribution is 0.188. The third kappa shape index (κ3) is 3.65. The molecule has 0 unspecified atom stereocenters. The number of benzene rings is 2. The summed E-state index contributed by atoms with van der Waals surface area (Å²) in [5, 5.41) is 9.68. The Morgan fingerprint density at radius 3 is 1.73 bits per heavy atom. The molecule has 0 fully saturated rings. The quantitative estimate of drug-likeness (QED) is 0.862. The molecule has 0 amide bonds. The minimum atomic E-state index is -1.80. The molecule has 0 aromatic heterocycles. The van der Waals surface area contributed by atoms with Gasteiger partial charge in [-0.05, 0) is 11.1 Å². The second kappa shape index (κ2) is 7.09. The molecule has 1 N–H and O–H groups in total. The van der Waals surface area contributed by atoms with Crippen LogP contribution < -0.4 is 0 Å². The van der Waals surface area contributed by atoms with Gasteiger partial charge in [-0.25, -0.2) is 0 Å². The maximum atomic E-state index is 12.8. The van der Waals surface area contributed by atoms with Crippen LogP contribution in [0.4, 0.5) is 0 Å². The van der Waals surface area contributed by atoms with Crippen molar-refractivity contribution in [1.82, 2.24) is 0 Å². The molecule has 0 radical (unpaired) electrons. The molecule has 2 rings (SSSR count). The standard InChI is InChI=1S/C19H16O2S/c1-3-19(20,4-2)15-22(21)18(16-11-7-5-8-12-16)17-13-9-6-10-14-17/h1-2,5-14,18,20H,15H2/t22-/m1/s1. The molecule has 0 aliphatic carbocycles. The lowest BCUT2D eigenvalue weighted by Gasteiger charge is -2.21. The lowest BCUT2D eigenvalue weighted by Crippen LogP contribution is -2.33. The van der Waals surface area contributed by atoms with Crippen LogP contribution in [-0.2, 0) is 10.8 Å². The maximum absolute atomic E-state index is 12.8. The van der Waals surface area contributed by atoms with Crippen molar-refractivity contribution >= 4 is 10.8 Å².